The van der Waals surface area contributed by atoms with Crippen molar-refractivity contribution in [2.75, 3.05) is 0 Å². The molecule has 0 aliphatic carbocycles. The van der Waals surface area contributed by atoms with E-state index in [-0.39, 0.29) is 136 Å². The summed E-state index contributed by atoms with van der Waals surface area (Å²) in [5.41, 5.74) is 0. The minimum atomic E-state index is 0. The normalized spacial score (nSPS) is 0. The third-order valence-corrected chi connectivity index (χ3v) is 0. The summed E-state index contributed by atoms with van der Waals surface area (Å²) in [4.78, 5) is 0. The van der Waals surface area contributed by atoms with Crippen LogP contribution in [0.15, 0.2) is 0 Å². The molecular formula is AgCa3. The second-order valence-corrected chi connectivity index (χ2v) is 0. The molecule has 0 nitrogen and oxygen atoms in total. The van der Waals surface area contributed by atoms with Crippen LogP contribution in [0, 0.1) is 0 Å². The topological polar surface area (TPSA) is 0 Å². The van der Waals surface area contributed by atoms with Crippen LogP contribution in [-0.4, -0.2) is 113 Å². The predicted molar refractivity (Wildman–Crippen MR) is 17.3 cm³/mol. The van der Waals surface area contributed by atoms with E-state index in [0.717, 1.165) is 0 Å². The van der Waals surface area contributed by atoms with Crippen LogP contribution in [0.4, 0.5) is 0 Å². The predicted octanol–water partition coefficient (Wildman–Crippen LogP) is -1.14. The smallest absolute Gasteiger partial charge is 0 e. The third kappa shape index (κ3) is 9.72. The first-order valence-corrected chi connectivity index (χ1v) is 0. The van der Waals surface area contributed by atoms with Gasteiger partial charge in [0.05, 0.1) is 0 Å². The molecular weight excluding hydrogens is 228 g/mol. The maximum absolute atomic E-state index is 0. The molecule has 0 saturated carbocycles. The summed E-state index contributed by atoms with van der Waals surface area (Å²) < 4.78 is 0. The molecule has 0 fully saturated rings. The van der Waals surface area contributed by atoms with E-state index >= 15 is 0 Å². The van der Waals surface area contributed by atoms with Crippen molar-refractivity contribution in [3.63, 3.8) is 0 Å². The first-order chi connectivity index (χ1) is 0. The average molecular weight is 228 g/mol. The fourth-order valence-corrected chi connectivity index (χ4v) is 0. The van der Waals surface area contributed by atoms with Crippen LogP contribution in [0.2, 0.25) is 0 Å². The van der Waals surface area contributed by atoms with E-state index in [1.54, 1.807) is 0 Å². The second-order valence-electron chi connectivity index (χ2n) is 0. The Kier molecular flexibility index (Phi) is 92.3. The van der Waals surface area contributed by atoms with E-state index in [4.69, 9.17) is 0 Å². The largest absolute Gasteiger partial charge is 0 e. The van der Waals surface area contributed by atoms with Gasteiger partial charge in [-0.3, -0.25) is 0 Å². The Balaban J connectivity index is 0. The molecule has 4 heavy (non-hydrogen) atoms. The summed E-state index contributed by atoms with van der Waals surface area (Å²) in [7, 11) is 0. The third-order valence-electron chi connectivity index (χ3n) is 0. The van der Waals surface area contributed by atoms with Crippen molar-refractivity contribution in [1.82, 2.24) is 0 Å². The first-order valence-electron chi connectivity index (χ1n) is 0. The molecule has 0 spiro atoms. The Morgan fingerprint density at radius 3 is 0.500 bits per heavy atom. The zero-order valence-electron chi connectivity index (χ0n) is 2.42. The molecule has 0 atom stereocenters. The van der Waals surface area contributed by atoms with Crippen LogP contribution in [0.25, 0.3) is 0 Å². The van der Waals surface area contributed by atoms with E-state index < -0.39 is 0 Å². The molecule has 0 N–H and O–H groups in total. The van der Waals surface area contributed by atoms with Crippen molar-refractivity contribution in [1.29, 1.82) is 0 Å². The van der Waals surface area contributed by atoms with Gasteiger partial charge in [-0.1, -0.05) is 0 Å². The van der Waals surface area contributed by atoms with Gasteiger partial charge in [0.1, 0.15) is 0 Å². The summed E-state index contributed by atoms with van der Waals surface area (Å²) in [6.07, 6.45) is 0. The monoisotopic (exact) mass is 227 g/mol. The SMILES string of the molecule is [Ag].[Ca].[Ca].[Ca]. The molecule has 7 radical (unpaired) electrons. The Bertz CT molecular complexity index is 3.25. The molecule has 0 aromatic carbocycles. The van der Waals surface area contributed by atoms with Gasteiger partial charge in [0.25, 0.3) is 0 Å². The number of hydrogen-bond acceptors (Lipinski definition) is 0. The van der Waals surface area contributed by atoms with E-state index in [0.29, 0.717) is 0 Å². The summed E-state index contributed by atoms with van der Waals surface area (Å²) >= 11 is 0. The zero-order valence-corrected chi connectivity index (χ0v) is 10.5. The van der Waals surface area contributed by atoms with Crippen molar-refractivity contribution >= 4 is 113 Å². The van der Waals surface area contributed by atoms with E-state index in [1.807, 2.05) is 0 Å². The van der Waals surface area contributed by atoms with Gasteiger partial charge in [0.2, 0.25) is 0 Å². The summed E-state index contributed by atoms with van der Waals surface area (Å²) in [5, 5.41) is 0. The maximum atomic E-state index is 0. The van der Waals surface area contributed by atoms with Crippen molar-refractivity contribution in [3.8, 4) is 0 Å². The van der Waals surface area contributed by atoms with Gasteiger partial charge in [-0.2, -0.15) is 0 Å². The molecule has 0 unspecified atom stereocenters. The zero-order chi connectivity index (χ0) is 0. The van der Waals surface area contributed by atoms with Gasteiger partial charge in [0.15, 0.2) is 0 Å². The Morgan fingerprint density at radius 2 is 0.500 bits per heavy atom. The average Bonchev–Trinajstić information content (AvgIpc) is 0. The van der Waals surface area contributed by atoms with Crippen LogP contribution < -0.4 is 0 Å². The molecule has 0 aromatic heterocycles. The molecule has 0 amide bonds. The van der Waals surface area contributed by atoms with Crippen molar-refractivity contribution < 1.29 is 22.4 Å². The molecule has 0 bridgehead atoms. The van der Waals surface area contributed by atoms with Crippen LogP contribution in [0.5, 0.6) is 0 Å². The van der Waals surface area contributed by atoms with E-state index in [2.05, 4.69) is 0 Å². The summed E-state index contributed by atoms with van der Waals surface area (Å²) in [5.74, 6) is 0. The standard InChI is InChI=1S/Ag.3Ca. The molecule has 0 aromatic rings. The molecule has 0 rings (SSSR count). The molecule has 4 heteroatoms. The molecule has 0 saturated heterocycles. The van der Waals surface area contributed by atoms with Gasteiger partial charge in [-0.25, -0.2) is 0 Å². The quantitative estimate of drug-likeness (QED) is 0.459. The molecule has 0 heterocycles. The molecule has 0 aliphatic rings. The molecule has 0 aliphatic heterocycles. The van der Waals surface area contributed by atoms with Gasteiger partial charge in [0, 0.05) is 136 Å². The molecule has 17 valence electrons. The fourth-order valence-electron chi connectivity index (χ4n) is 0. The van der Waals surface area contributed by atoms with Crippen LogP contribution in [-0.2, 0) is 22.4 Å². The fraction of sp³-hybridized carbons (Fsp3) is 0. The van der Waals surface area contributed by atoms with Crippen LogP contribution in [0.3, 0.4) is 0 Å². The number of hydrogen-bond donors (Lipinski definition) is 0. The minimum absolute atomic E-state index is 0. The van der Waals surface area contributed by atoms with Gasteiger partial charge >= 0.3 is 0 Å². The van der Waals surface area contributed by atoms with Gasteiger partial charge < -0.3 is 0 Å². The minimum Gasteiger partial charge on any atom is 0 e. The summed E-state index contributed by atoms with van der Waals surface area (Å²) in [6.45, 7) is 0. The second kappa shape index (κ2) is 15.6. The van der Waals surface area contributed by atoms with Crippen molar-refractivity contribution in [3.05, 3.63) is 0 Å². The Morgan fingerprint density at radius 1 is 0.500 bits per heavy atom. The van der Waals surface area contributed by atoms with E-state index in [9.17, 15) is 0 Å². The van der Waals surface area contributed by atoms with Crippen molar-refractivity contribution in [2.24, 2.45) is 0 Å². The first kappa shape index (κ1) is 23.6. The van der Waals surface area contributed by atoms with Crippen molar-refractivity contribution in [2.45, 2.75) is 0 Å². The van der Waals surface area contributed by atoms with Gasteiger partial charge in [-0.05, 0) is 0 Å². The van der Waals surface area contributed by atoms with Crippen LogP contribution in [0.1, 0.15) is 0 Å². The van der Waals surface area contributed by atoms with E-state index in [1.165, 1.54) is 0 Å². The maximum Gasteiger partial charge on any atom is 0 e. The Hall–Kier alpha value is 4.52. The number of rotatable bonds is 0. The summed E-state index contributed by atoms with van der Waals surface area (Å²) in [6, 6.07) is 0. The van der Waals surface area contributed by atoms with Gasteiger partial charge in [-0.15, -0.1) is 0 Å². The Labute approximate surface area is 131 Å². The van der Waals surface area contributed by atoms with Crippen LogP contribution >= 0.6 is 0 Å².